The van der Waals surface area contributed by atoms with E-state index in [0.29, 0.717) is 64.6 Å². The van der Waals surface area contributed by atoms with Gasteiger partial charge in [0.05, 0.1) is 17.7 Å². The summed E-state index contributed by atoms with van der Waals surface area (Å²) in [5.74, 6) is 1.02. The van der Waals surface area contributed by atoms with E-state index in [2.05, 4.69) is 5.32 Å². The molecule has 1 amide bonds. The Bertz CT molecular complexity index is 1150. The van der Waals surface area contributed by atoms with Crippen molar-refractivity contribution >= 4 is 46.1 Å². The zero-order valence-corrected chi connectivity index (χ0v) is 19.8. The van der Waals surface area contributed by atoms with E-state index in [-0.39, 0.29) is 17.0 Å². The molecular formula is C22H24N4O4S2. The van der Waals surface area contributed by atoms with E-state index in [1.807, 2.05) is 19.1 Å². The zero-order valence-electron chi connectivity index (χ0n) is 18.1. The Hall–Kier alpha value is -2.87. The normalized spacial score (nSPS) is 14.9. The average Bonchev–Trinajstić information content (AvgIpc) is 3.38. The van der Waals surface area contributed by atoms with E-state index in [1.54, 1.807) is 37.3 Å². The number of methoxy groups -OCH3 is 1. The number of thioether (sulfide) groups is 1. The third-order valence-corrected chi connectivity index (χ3v) is 6.46. The largest absolute Gasteiger partial charge is 0.467 e. The molecule has 168 valence electrons. The monoisotopic (exact) mass is 472 g/mol. The number of hydrogen-bond acceptors (Lipinski definition) is 8. The number of carbonyl (C=O) groups is 1. The summed E-state index contributed by atoms with van der Waals surface area (Å²) in [6.07, 6.45) is 3.95. The number of rotatable bonds is 9. The van der Waals surface area contributed by atoms with E-state index in [1.165, 1.54) is 16.3 Å². The summed E-state index contributed by atoms with van der Waals surface area (Å²) < 4.78 is 12.4. The molecule has 1 saturated heterocycles. The molecule has 0 aromatic carbocycles. The van der Waals surface area contributed by atoms with Crippen LogP contribution in [0, 0.1) is 18.3 Å². The Balaban J connectivity index is 2.06. The first kappa shape index (κ1) is 23.8. The highest BCUT2D eigenvalue weighted by Gasteiger charge is 2.32. The van der Waals surface area contributed by atoms with Gasteiger partial charge in [0.1, 0.15) is 27.5 Å². The third-order valence-electron chi connectivity index (χ3n) is 5.08. The topological polar surface area (TPSA) is 100 Å². The van der Waals surface area contributed by atoms with Crippen molar-refractivity contribution in [1.82, 2.24) is 9.47 Å². The Morgan fingerprint density at radius 2 is 2.19 bits per heavy atom. The summed E-state index contributed by atoms with van der Waals surface area (Å²) >= 11 is 6.61. The summed E-state index contributed by atoms with van der Waals surface area (Å²) in [6, 6.07) is 5.62. The summed E-state index contributed by atoms with van der Waals surface area (Å²) in [7, 11) is 1.61. The highest BCUT2D eigenvalue weighted by Crippen LogP contribution is 2.35. The maximum absolute atomic E-state index is 13.0. The van der Waals surface area contributed by atoms with Crippen LogP contribution >= 0.6 is 24.0 Å². The van der Waals surface area contributed by atoms with Gasteiger partial charge >= 0.3 is 0 Å². The fraction of sp³-hybridized carbons (Fsp3) is 0.364. The van der Waals surface area contributed by atoms with Gasteiger partial charge in [0.25, 0.3) is 11.5 Å². The lowest BCUT2D eigenvalue weighted by atomic mass is 10.0. The molecule has 2 aromatic heterocycles. The van der Waals surface area contributed by atoms with Crippen LogP contribution in [0.25, 0.3) is 6.08 Å². The van der Waals surface area contributed by atoms with Crippen molar-refractivity contribution in [2.24, 2.45) is 0 Å². The molecule has 0 unspecified atom stereocenters. The number of hydrogen-bond donors (Lipinski definition) is 1. The van der Waals surface area contributed by atoms with Crippen molar-refractivity contribution in [2.75, 3.05) is 25.6 Å². The molecule has 1 N–H and O–H groups in total. The molecule has 0 bridgehead atoms. The highest BCUT2D eigenvalue weighted by molar-refractivity contribution is 8.26. The Kier molecular flexibility index (Phi) is 7.90. The Morgan fingerprint density at radius 1 is 1.41 bits per heavy atom. The van der Waals surface area contributed by atoms with Crippen LogP contribution in [0.15, 0.2) is 32.5 Å². The molecule has 0 saturated carbocycles. The lowest BCUT2D eigenvalue weighted by molar-refractivity contribution is -0.122. The molecule has 1 aliphatic heterocycles. The maximum Gasteiger partial charge on any atom is 0.270 e. The molecule has 1 aliphatic rings. The number of nitrogens with one attached hydrogen (secondary N) is 1. The van der Waals surface area contributed by atoms with Gasteiger partial charge in [-0.3, -0.25) is 19.1 Å². The Labute approximate surface area is 195 Å². The summed E-state index contributed by atoms with van der Waals surface area (Å²) in [4.78, 5) is 27.9. The standard InChI is InChI=1S/C22H24N4O4S2/c1-4-25-19(24-13-15-7-5-10-30-15)16(14(2)17(12-23)20(25)27)11-18-21(28)26(22(31)32-18)8-6-9-29-3/h5,7,10-11,24H,4,6,8-9,13H2,1-3H3/b18-11-. The number of thiocarbonyl (C=S) groups is 1. The van der Waals surface area contributed by atoms with Crippen molar-refractivity contribution in [3.8, 4) is 6.07 Å². The summed E-state index contributed by atoms with van der Waals surface area (Å²) in [5.41, 5.74) is 0.789. The van der Waals surface area contributed by atoms with Crippen LogP contribution in [0.5, 0.6) is 0 Å². The molecule has 1 fully saturated rings. The summed E-state index contributed by atoms with van der Waals surface area (Å²) in [5, 5.41) is 12.9. The zero-order chi connectivity index (χ0) is 23.3. The predicted molar refractivity (Wildman–Crippen MR) is 128 cm³/mol. The van der Waals surface area contributed by atoms with E-state index in [9.17, 15) is 14.9 Å². The molecule has 0 atom stereocenters. The number of pyridine rings is 1. The molecule has 32 heavy (non-hydrogen) atoms. The van der Waals surface area contributed by atoms with Crippen molar-refractivity contribution < 1.29 is 13.9 Å². The van der Waals surface area contributed by atoms with Crippen molar-refractivity contribution in [3.63, 3.8) is 0 Å². The van der Waals surface area contributed by atoms with Gasteiger partial charge in [-0.2, -0.15) is 5.26 Å². The lowest BCUT2D eigenvalue weighted by Gasteiger charge is -2.19. The molecular weight excluding hydrogens is 448 g/mol. The van der Waals surface area contributed by atoms with E-state index in [0.717, 1.165) is 0 Å². The van der Waals surface area contributed by atoms with Crippen LogP contribution in [-0.2, 0) is 22.6 Å². The van der Waals surface area contributed by atoms with Gasteiger partial charge in [-0.05, 0) is 44.0 Å². The average molecular weight is 473 g/mol. The minimum absolute atomic E-state index is 0.0530. The second-order valence-corrected chi connectivity index (χ2v) is 8.71. The van der Waals surface area contributed by atoms with E-state index >= 15 is 0 Å². The van der Waals surface area contributed by atoms with Crippen molar-refractivity contribution in [2.45, 2.75) is 33.4 Å². The van der Waals surface area contributed by atoms with Gasteiger partial charge in [-0.25, -0.2) is 0 Å². The molecule has 0 radical (unpaired) electrons. The molecule has 2 aromatic rings. The number of ether oxygens (including phenoxy) is 1. The minimum Gasteiger partial charge on any atom is -0.467 e. The first-order valence-corrected chi connectivity index (χ1v) is 11.3. The van der Waals surface area contributed by atoms with Gasteiger partial charge in [0, 0.05) is 32.4 Å². The quantitative estimate of drug-likeness (QED) is 0.336. The SMILES string of the molecule is CCn1c(NCc2ccco2)c(/C=C2\SC(=S)N(CCCOC)C2=O)c(C)c(C#N)c1=O. The maximum atomic E-state index is 13.0. The van der Waals surface area contributed by atoms with Gasteiger partial charge in [0.2, 0.25) is 0 Å². The van der Waals surface area contributed by atoms with Gasteiger partial charge in [0.15, 0.2) is 0 Å². The number of anilines is 1. The first-order valence-electron chi connectivity index (χ1n) is 10.1. The van der Waals surface area contributed by atoms with Gasteiger partial charge in [-0.1, -0.05) is 24.0 Å². The second-order valence-electron chi connectivity index (χ2n) is 7.04. The van der Waals surface area contributed by atoms with Gasteiger partial charge in [-0.15, -0.1) is 0 Å². The number of carbonyl (C=O) groups excluding carboxylic acids is 1. The van der Waals surface area contributed by atoms with Crippen molar-refractivity contribution in [3.05, 3.63) is 56.1 Å². The number of furan rings is 1. The van der Waals surface area contributed by atoms with Crippen LogP contribution < -0.4 is 10.9 Å². The van der Waals surface area contributed by atoms with E-state index in [4.69, 9.17) is 21.4 Å². The van der Waals surface area contributed by atoms with E-state index < -0.39 is 0 Å². The van der Waals surface area contributed by atoms with Crippen LogP contribution in [-0.4, -0.2) is 40.0 Å². The predicted octanol–water partition coefficient (Wildman–Crippen LogP) is 3.49. The van der Waals surface area contributed by atoms with Crippen LogP contribution in [0.3, 0.4) is 0 Å². The van der Waals surface area contributed by atoms with Crippen LogP contribution in [0.1, 0.15) is 35.8 Å². The van der Waals surface area contributed by atoms with Gasteiger partial charge < -0.3 is 14.5 Å². The summed E-state index contributed by atoms with van der Waals surface area (Å²) in [6.45, 7) is 5.24. The highest BCUT2D eigenvalue weighted by atomic mass is 32.2. The Morgan fingerprint density at radius 3 is 2.81 bits per heavy atom. The van der Waals surface area contributed by atoms with Crippen LogP contribution in [0.2, 0.25) is 0 Å². The molecule has 0 aliphatic carbocycles. The smallest absolute Gasteiger partial charge is 0.270 e. The van der Waals surface area contributed by atoms with Crippen molar-refractivity contribution in [1.29, 1.82) is 5.26 Å². The molecule has 8 nitrogen and oxygen atoms in total. The number of nitrogens with zero attached hydrogens (tertiary/aromatic N) is 3. The van der Waals surface area contributed by atoms with Crippen LogP contribution in [0.4, 0.5) is 5.82 Å². The number of nitriles is 1. The molecule has 3 rings (SSSR count). The number of amides is 1. The fourth-order valence-electron chi connectivity index (χ4n) is 3.43. The fourth-order valence-corrected chi connectivity index (χ4v) is 4.72. The minimum atomic E-state index is -0.376. The molecule has 3 heterocycles. The lowest BCUT2D eigenvalue weighted by Crippen LogP contribution is -2.29. The molecule has 10 heteroatoms. The second kappa shape index (κ2) is 10.6. The molecule has 0 spiro atoms. The number of aromatic nitrogens is 1. The third kappa shape index (κ3) is 4.80. The first-order chi connectivity index (χ1) is 15.4.